The van der Waals surface area contributed by atoms with Gasteiger partial charge in [0.15, 0.2) is 0 Å². The van der Waals surface area contributed by atoms with Crippen LogP contribution < -0.4 is 14.2 Å². The van der Waals surface area contributed by atoms with E-state index in [0.717, 1.165) is 26.7 Å². The lowest BCUT2D eigenvalue weighted by molar-refractivity contribution is 0.0548. The van der Waals surface area contributed by atoms with Crippen LogP contribution in [-0.4, -0.2) is 20.0 Å². The number of carbonyl (C=O) groups is 1. The molecule has 34 heavy (non-hydrogen) atoms. The lowest BCUT2D eigenvalue weighted by Gasteiger charge is -2.28. The fourth-order valence-corrected chi connectivity index (χ4v) is 4.76. The molecule has 0 saturated carbocycles. The third-order valence-corrected chi connectivity index (χ3v) is 6.70. The highest BCUT2D eigenvalue weighted by atomic mass is 79.9. The fraction of sp³-hybridized carbons (Fsp3) is 0.138. The Morgan fingerprint density at radius 2 is 1.56 bits per heavy atom. The van der Waals surface area contributed by atoms with Crippen LogP contribution in [0.1, 0.15) is 21.5 Å². The van der Waals surface area contributed by atoms with Gasteiger partial charge in [0.1, 0.15) is 22.8 Å². The number of benzene rings is 4. The maximum Gasteiger partial charge on any atom is 0.218 e. The van der Waals surface area contributed by atoms with Crippen LogP contribution in [0.4, 0.5) is 0 Å². The Kier molecular flexibility index (Phi) is 5.88. The number of carbonyl (C=O) groups excluding carboxylic acids is 1. The maximum atomic E-state index is 14.1. The van der Waals surface area contributed by atoms with Crippen molar-refractivity contribution < 1.29 is 19.0 Å². The first kappa shape index (κ1) is 22.2. The molecular formula is C29H23BrO4. The number of ketones is 1. The number of fused-ring (bicyclic) bond motifs is 1. The molecule has 4 aromatic rings. The molecule has 0 saturated heterocycles. The summed E-state index contributed by atoms with van der Waals surface area (Å²) in [6.45, 7) is 0. The average molecular weight is 515 g/mol. The molecule has 0 fully saturated rings. The maximum absolute atomic E-state index is 14.1. The van der Waals surface area contributed by atoms with Crippen molar-refractivity contribution in [2.75, 3.05) is 14.2 Å². The number of hydrogen-bond donors (Lipinski definition) is 0. The van der Waals surface area contributed by atoms with E-state index in [1.807, 2.05) is 54.6 Å². The minimum absolute atomic E-state index is 0.130. The van der Waals surface area contributed by atoms with E-state index >= 15 is 0 Å². The first-order valence-corrected chi connectivity index (χ1v) is 11.7. The van der Waals surface area contributed by atoms with Gasteiger partial charge in [-0.15, -0.1) is 0 Å². The van der Waals surface area contributed by atoms with Crippen LogP contribution in [0.3, 0.4) is 0 Å². The molecule has 170 valence electrons. The molecular weight excluding hydrogens is 492 g/mol. The number of halogens is 1. The number of ether oxygens (including phenoxy) is 3. The normalized spacial score (nSPS) is 16.6. The van der Waals surface area contributed by atoms with E-state index in [-0.39, 0.29) is 5.78 Å². The molecule has 1 aliphatic rings. The standard InChI is InChI=1S/C29H23BrO4/c1-32-24-16-25(33-2)27-26(17-24)34-29(28(27)31,22-11-13-23(30)14-12-22)18-19-7-6-10-21(15-19)20-8-4-3-5-9-20/h3-17H,18H2,1-2H3. The highest BCUT2D eigenvalue weighted by molar-refractivity contribution is 9.10. The minimum Gasteiger partial charge on any atom is -0.496 e. The predicted octanol–water partition coefficient (Wildman–Crippen LogP) is 6.85. The van der Waals surface area contributed by atoms with E-state index in [1.165, 1.54) is 0 Å². The van der Waals surface area contributed by atoms with Gasteiger partial charge in [-0.25, -0.2) is 0 Å². The van der Waals surface area contributed by atoms with Crippen molar-refractivity contribution in [3.63, 3.8) is 0 Å². The second-order valence-electron chi connectivity index (χ2n) is 8.21. The molecule has 5 heteroatoms. The molecule has 0 aromatic heterocycles. The van der Waals surface area contributed by atoms with Crippen LogP contribution in [0.2, 0.25) is 0 Å². The van der Waals surface area contributed by atoms with Crippen molar-refractivity contribution in [2.24, 2.45) is 0 Å². The van der Waals surface area contributed by atoms with Crippen LogP contribution >= 0.6 is 15.9 Å². The van der Waals surface area contributed by atoms with Gasteiger partial charge in [0.25, 0.3) is 0 Å². The molecule has 1 aliphatic heterocycles. The second kappa shape index (κ2) is 8.99. The highest BCUT2D eigenvalue weighted by Gasteiger charge is 2.51. The van der Waals surface area contributed by atoms with Crippen molar-refractivity contribution in [1.29, 1.82) is 0 Å². The Labute approximate surface area is 207 Å². The summed E-state index contributed by atoms with van der Waals surface area (Å²) in [4.78, 5) is 14.1. The summed E-state index contributed by atoms with van der Waals surface area (Å²) in [5.74, 6) is 1.34. The van der Waals surface area contributed by atoms with Crippen LogP contribution in [0.25, 0.3) is 11.1 Å². The van der Waals surface area contributed by atoms with E-state index in [9.17, 15) is 4.79 Å². The van der Waals surface area contributed by atoms with Crippen molar-refractivity contribution in [3.8, 4) is 28.4 Å². The summed E-state index contributed by atoms with van der Waals surface area (Å²) < 4.78 is 18.4. The first-order chi connectivity index (χ1) is 16.5. The van der Waals surface area contributed by atoms with Gasteiger partial charge in [0, 0.05) is 28.6 Å². The average Bonchev–Trinajstić information content (AvgIpc) is 3.16. The van der Waals surface area contributed by atoms with E-state index in [2.05, 4.69) is 40.2 Å². The Morgan fingerprint density at radius 3 is 2.26 bits per heavy atom. The smallest absolute Gasteiger partial charge is 0.218 e. The third-order valence-electron chi connectivity index (χ3n) is 6.17. The van der Waals surface area contributed by atoms with E-state index in [1.54, 1.807) is 26.4 Å². The van der Waals surface area contributed by atoms with Gasteiger partial charge in [-0.05, 0) is 28.8 Å². The van der Waals surface area contributed by atoms with Gasteiger partial charge < -0.3 is 14.2 Å². The molecule has 4 aromatic carbocycles. The van der Waals surface area contributed by atoms with Crippen LogP contribution in [0.5, 0.6) is 17.2 Å². The van der Waals surface area contributed by atoms with Crippen molar-refractivity contribution in [3.05, 3.63) is 112 Å². The Balaban J connectivity index is 1.63. The number of Topliss-reactive ketones (excluding diaryl/α,β-unsaturated/α-hetero) is 1. The number of methoxy groups -OCH3 is 2. The van der Waals surface area contributed by atoms with Gasteiger partial charge in [-0.3, -0.25) is 4.79 Å². The Bertz CT molecular complexity index is 1350. The van der Waals surface area contributed by atoms with Gasteiger partial charge in [0.05, 0.1) is 14.2 Å². The Hall–Kier alpha value is -3.57. The van der Waals surface area contributed by atoms with Crippen molar-refractivity contribution >= 4 is 21.7 Å². The van der Waals surface area contributed by atoms with Gasteiger partial charge in [-0.2, -0.15) is 0 Å². The van der Waals surface area contributed by atoms with Crippen LogP contribution in [-0.2, 0) is 12.0 Å². The molecule has 4 nitrogen and oxygen atoms in total. The topological polar surface area (TPSA) is 44.8 Å². The molecule has 1 unspecified atom stereocenters. The molecule has 0 bridgehead atoms. The molecule has 1 atom stereocenters. The third kappa shape index (κ3) is 3.86. The quantitative estimate of drug-likeness (QED) is 0.282. The summed E-state index contributed by atoms with van der Waals surface area (Å²) in [5.41, 5.74) is 3.20. The highest BCUT2D eigenvalue weighted by Crippen LogP contribution is 2.49. The number of rotatable bonds is 6. The lowest BCUT2D eigenvalue weighted by Crippen LogP contribution is -2.39. The lowest BCUT2D eigenvalue weighted by atomic mass is 9.82. The van der Waals surface area contributed by atoms with E-state index in [4.69, 9.17) is 14.2 Å². The summed E-state index contributed by atoms with van der Waals surface area (Å²) >= 11 is 3.50. The molecule has 0 N–H and O–H groups in total. The second-order valence-corrected chi connectivity index (χ2v) is 9.13. The molecule has 0 spiro atoms. The molecule has 1 heterocycles. The summed E-state index contributed by atoms with van der Waals surface area (Å²) in [7, 11) is 3.13. The summed E-state index contributed by atoms with van der Waals surface area (Å²) in [6.07, 6.45) is 0.369. The van der Waals surface area contributed by atoms with Crippen LogP contribution in [0, 0.1) is 0 Å². The fourth-order valence-electron chi connectivity index (χ4n) is 4.49. The minimum atomic E-state index is -1.22. The summed E-state index contributed by atoms with van der Waals surface area (Å²) in [6, 6.07) is 29.6. The summed E-state index contributed by atoms with van der Waals surface area (Å²) in [5, 5.41) is 0. The van der Waals surface area contributed by atoms with E-state index in [0.29, 0.717) is 29.2 Å². The predicted molar refractivity (Wildman–Crippen MR) is 136 cm³/mol. The van der Waals surface area contributed by atoms with E-state index < -0.39 is 5.60 Å². The molecule has 0 aliphatic carbocycles. The van der Waals surface area contributed by atoms with Crippen molar-refractivity contribution in [2.45, 2.75) is 12.0 Å². The van der Waals surface area contributed by atoms with Gasteiger partial charge in [0.2, 0.25) is 11.4 Å². The largest absolute Gasteiger partial charge is 0.496 e. The van der Waals surface area contributed by atoms with Gasteiger partial charge in [-0.1, -0.05) is 82.7 Å². The first-order valence-electron chi connectivity index (χ1n) is 10.9. The van der Waals surface area contributed by atoms with Gasteiger partial charge >= 0.3 is 0 Å². The molecule has 0 amide bonds. The molecule has 5 rings (SSSR count). The Morgan fingerprint density at radius 1 is 0.824 bits per heavy atom. The number of hydrogen-bond acceptors (Lipinski definition) is 4. The SMILES string of the molecule is COc1cc(OC)c2c(c1)OC(Cc1cccc(-c3ccccc3)c1)(c1ccc(Br)cc1)C2=O. The molecule has 0 radical (unpaired) electrons. The van der Waals surface area contributed by atoms with Crippen molar-refractivity contribution in [1.82, 2.24) is 0 Å². The zero-order chi connectivity index (χ0) is 23.7. The monoisotopic (exact) mass is 514 g/mol. The zero-order valence-electron chi connectivity index (χ0n) is 18.9. The zero-order valence-corrected chi connectivity index (χ0v) is 20.5. The van der Waals surface area contributed by atoms with Crippen LogP contribution in [0.15, 0.2) is 95.5 Å².